The van der Waals surface area contributed by atoms with Crippen LogP contribution in [0.5, 0.6) is 0 Å². The van der Waals surface area contributed by atoms with E-state index in [2.05, 4.69) is 38.1 Å². The maximum atomic E-state index is 10.6. The quantitative estimate of drug-likeness (QED) is 0.707. The van der Waals surface area contributed by atoms with Crippen molar-refractivity contribution < 1.29 is 4.79 Å². The maximum Gasteiger partial charge on any atom is 0.217 e. The van der Waals surface area contributed by atoms with Gasteiger partial charge in [0.2, 0.25) is 5.91 Å². The summed E-state index contributed by atoms with van der Waals surface area (Å²) in [4.78, 5) is 10.6. The molecule has 106 valence electrons. The zero-order valence-corrected chi connectivity index (χ0v) is 12.1. The number of amides is 1. The van der Waals surface area contributed by atoms with Gasteiger partial charge in [-0.1, -0.05) is 44.5 Å². The van der Waals surface area contributed by atoms with Gasteiger partial charge in [-0.05, 0) is 36.3 Å². The molecule has 0 heterocycles. The molecular formula is C16H26N2O. The number of nitrogens with two attached hydrogens (primary N) is 2. The van der Waals surface area contributed by atoms with Crippen LogP contribution in [0.3, 0.4) is 0 Å². The molecule has 1 aromatic carbocycles. The third-order valence-corrected chi connectivity index (χ3v) is 3.24. The first-order valence-electron chi connectivity index (χ1n) is 7.11. The summed E-state index contributed by atoms with van der Waals surface area (Å²) in [6, 6.07) is 8.63. The number of benzene rings is 1. The molecule has 1 amide bonds. The van der Waals surface area contributed by atoms with Gasteiger partial charge in [-0.2, -0.15) is 0 Å². The highest BCUT2D eigenvalue weighted by molar-refractivity contribution is 5.73. The fourth-order valence-corrected chi connectivity index (χ4v) is 2.20. The molecule has 1 rings (SSSR count). The Balaban J connectivity index is 2.39. The zero-order chi connectivity index (χ0) is 14.3. The molecule has 4 N–H and O–H groups in total. The molecule has 0 fully saturated rings. The van der Waals surface area contributed by atoms with Crippen molar-refractivity contribution in [3.8, 4) is 0 Å². The van der Waals surface area contributed by atoms with Crippen LogP contribution in [-0.2, 0) is 11.2 Å². The lowest BCUT2D eigenvalue weighted by Gasteiger charge is -2.13. The smallest absolute Gasteiger partial charge is 0.217 e. The number of hydrogen-bond donors (Lipinski definition) is 2. The fraction of sp³-hybridized carbons (Fsp3) is 0.562. The van der Waals surface area contributed by atoms with Crippen molar-refractivity contribution in [1.82, 2.24) is 0 Å². The number of primary amides is 1. The molecular weight excluding hydrogens is 236 g/mol. The van der Waals surface area contributed by atoms with Crippen LogP contribution in [0.15, 0.2) is 24.3 Å². The van der Waals surface area contributed by atoms with Gasteiger partial charge in [-0.3, -0.25) is 4.79 Å². The minimum atomic E-state index is -0.230. The van der Waals surface area contributed by atoms with Crippen LogP contribution < -0.4 is 11.5 Å². The summed E-state index contributed by atoms with van der Waals surface area (Å²) in [5, 5.41) is 0. The van der Waals surface area contributed by atoms with Crippen molar-refractivity contribution >= 4 is 5.91 Å². The van der Waals surface area contributed by atoms with Crippen molar-refractivity contribution in [2.75, 3.05) is 0 Å². The first-order valence-corrected chi connectivity index (χ1v) is 7.11. The van der Waals surface area contributed by atoms with Gasteiger partial charge in [-0.25, -0.2) is 0 Å². The van der Waals surface area contributed by atoms with E-state index < -0.39 is 0 Å². The zero-order valence-electron chi connectivity index (χ0n) is 12.1. The van der Waals surface area contributed by atoms with Crippen LogP contribution in [0.25, 0.3) is 0 Å². The van der Waals surface area contributed by atoms with Crippen LogP contribution in [0.2, 0.25) is 0 Å². The minimum Gasteiger partial charge on any atom is -0.370 e. The average Bonchev–Trinajstić information content (AvgIpc) is 2.34. The molecule has 1 aromatic rings. The second kappa shape index (κ2) is 7.95. The first-order chi connectivity index (χ1) is 8.99. The summed E-state index contributed by atoms with van der Waals surface area (Å²) in [6.45, 7) is 4.44. The average molecular weight is 262 g/mol. The number of carbonyl (C=O) groups is 1. The summed E-state index contributed by atoms with van der Waals surface area (Å²) >= 11 is 0. The van der Waals surface area contributed by atoms with Gasteiger partial charge in [0.1, 0.15) is 0 Å². The van der Waals surface area contributed by atoms with Crippen molar-refractivity contribution in [1.29, 1.82) is 0 Å². The van der Waals surface area contributed by atoms with Gasteiger partial charge in [0.05, 0.1) is 0 Å². The number of carbonyl (C=O) groups excluding carboxylic acids is 1. The molecule has 0 bridgehead atoms. The molecule has 3 nitrogen and oxygen atoms in total. The second-order valence-corrected chi connectivity index (χ2v) is 5.66. The van der Waals surface area contributed by atoms with Gasteiger partial charge in [0, 0.05) is 12.5 Å². The topological polar surface area (TPSA) is 69.1 Å². The standard InChI is InChI=1S/C16H26N2O/c1-12(2)11-13-7-9-14(10-8-13)15(17)5-3-4-6-16(18)19/h7-10,12,15H,3-6,11,17H2,1-2H3,(H2,18,19). The van der Waals surface area contributed by atoms with E-state index in [0.29, 0.717) is 12.3 Å². The number of rotatable bonds is 8. The first kappa shape index (κ1) is 15.7. The van der Waals surface area contributed by atoms with E-state index in [9.17, 15) is 4.79 Å². The lowest BCUT2D eigenvalue weighted by Crippen LogP contribution is -2.12. The van der Waals surface area contributed by atoms with E-state index in [4.69, 9.17) is 11.5 Å². The van der Waals surface area contributed by atoms with Crippen molar-refractivity contribution in [3.63, 3.8) is 0 Å². The fourth-order valence-electron chi connectivity index (χ4n) is 2.20. The predicted molar refractivity (Wildman–Crippen MR) is 79.6 cm³/mol. The number of unbranched alkanes of at least 4 members (excludes halogenated alkanes) is 1. The summed E-state index contributed by atoms with van der Waals surface area (Å²) in [7, 11) is 0. The summed E-state index contributed by atoms with van der Waals surface area (Å²) in [5.74, 6) is 0.444. The molecule has 3 heteroatoms. The minimum absolute atomic E-state index is 0.0565. The molecule has 0 aliphatic rings. The van der Waals surface area contributed by atoms with Crippen LogP contribution >= 0.6 is 0 Å². The Labute approximate surface area is 116 Å². The van der Waals surface area contributed by atoms with Gasteiger partial charge in [0.15, 0.2) is 0 Å². The molecule has 0 aliphatic carbocycles. The van der Waals surface area contributed by atoms with Crippen molar-refractivity contribution in [2.45, 2.75) is 52.0 Å². The predicted octanol–water partition coefficient (Wildman–Crippen LogP) is 2.93. The van der Waals surface area contributed by atoms with Gasteiger partial charge in [-0.15, -0.1) is 0 Å². The second-order valence-electron chi connectivity index (χ2n) is 5.66. The summed E-state index contributed by atoms with van der Waals surface area (Å²) < 4.78 is 0. The SMILES string of the molecule is CC(C)Cc1ccc(C(N)CCCCC(N)=O)cc1. The Bertz CT molecular complexity index is 384. The van der Waals surface area contributed by atoms with Gasteiger partial charge < -0.3 is 11.5 Å². The highest BCUT2D eigenvalue weighted by Crippen LogP contribution is 2.19. The Morgan fingerprint density at radius 2 is 1.79 bits per heavy atom. The van der Waals surface area contributed by atoms with Crippen molar-refractivity contribution in [2.24, 2.45) is 17.4 Å². The van der Waals surface area contributed by atoms with Gasteiger partial charge >= 0.3 is 0 Å². The van der Waals surface area contributed by atoms with E-state index in [1.165, 1.54) is 11.1 Å². The van der Waals surface area contributed by atoms with E-state index in [-0.39, 0.29) is 11.9 Å². The highest BCUT2D eigenvalue weighted by atomic mass is 16.1. The van der Waals surface area contributed by atoms with Gasteiger partial charge in [0.25, 0.3) is 0 Å². The highest BCUT2D eigenvalue weighted by Gasteiger charge is 2.06. The molecule has 0 aromatic heterocycles. The van der Waals surface area contributed by atoms with E-state index in [0.717, 1.165) is 25.7 Å². The maximum absolute atomic E-state index is 10.6. The molecule has 1 atom stereocenters. The third kappa shape index (κ3) is 6.39. The lowest BCUT2D eigenvalue weighted by molar-refractivity contribution is -0.118. The molecule has 0 aliphatic heterocycles. The molecule has 0 radical (unpaired) electrons. The molecule has 0 spiro atoms. The monoisotopic (exact) mass is 262 g/mol. The summed E-state index contributed by atoms with van der Waals surface area (Å²) in [6.07, 6.45) is 4.23. The van der Waals surface area contributed by atoms with Crippen LogP contribution in [0.1, 0.15) is 56.7 Å². The van der Waals surface area contributed by atoms with Crippen LogP contribution in [0, 0.1) is 5.92 Å². The van der Waals surface area contributed by atoms with E-state index in [1.54, 1.807) is 0 Å². The lowest BCUT2D eigenvalue weighted by atomic mass is 9.97. The Morgan fingerprint density at radius 3 is 2.32 bits per heavy atom. The Kier molecular flexibility index (Phi) is 6.57. The largest absolute Gasteiger partial charge is 0.370 e. The third-order valence-electron chi connectivity index (χ3n) is 3.24. The molecule has 0 saturated carbocycles. The summed E-state index contributed by atoms with van der Waals surface area (Å²) in [5.41, 5.74) is 13.8. The molecule has 0 saturated heterocycles. The Morgan fingerprint density at radius 1 is 1.16 bits per heavy atom. The van der Waals surface area contributed by atoms with E-state index in [1.807, 2.05) is 0 Å². The normalized spacial score (nSPS) is 12.6. The van der Waals surface area contributed by atoms with Crippen molar-refractivity contribution in [3.05, 3.63) is 35.4 Å². The molecule has 1 unspecified atom stereocenters. The van der Waals surface area contributed by atoms with E-state index >= 15 is 0 Å². The Hall–Kier alpha value is -1.35. The number of hydrogen-bond acceptors (Lipinski definition) is 2. The van der Waals surface area contributed by atoms with Crippen LogP contribution in [-0.4, -0.2) is 5.91 Å². The molecule has 19 heavy (non-hydrogen) atoms. The van der Waals surface area contributed by atoms with Crippen LogP contribution in [0.4, 0.5) is 0 Å².